The molecule has 0 radical (unpaired) electrons. The monoisotopic (exact) mass is 152 g/mol. The van der Waals surface area contributed by atoms with Crippen LogP contribution in [0.25, 0.3) is 11.0 Å². The number of nitrogens with zero attached hydrogens (tertiary/aromatic N) is 1. The second kappa shape index (κ2) is 1.95. The molecule has 0 atom stereocenters. The predicted molar refractivity (Wildman–Crippen MR) is 38.4 cm³/mol. The summed E-state index contributed by atoms with van der Waals surface area (Å²) in [6.45, 7) is 0. The van der Waals surface area contributed by atoms with Crippen molar-refractivity contribution in [3.8, 4) is 0 Å². The summed E-state index contributed by atoms with van der Waals surface area (Å²) >= 11 is 0. The SMILES string of the molecule is Nc1ccc(F)c2oncc12. The highest BCUT2D eigenvalue weighted by atomic mass is 19.1. The Morgan fingerprint density at radius 2 is 2.27 bits per heavy atom. The van der Waals surface area contributed by atoms with Crippen molar-refractivity contribution in [1.29, 1.82) is 0 Å². The van der Waals surface area contributed by atoms with Crippen LogP contribution in [0.3, 0.4) is 0 Å². The molecule has 4 heteroatoms. The second-order valence-corrected chi connectivity index (χ2v) is 2.21. The summed E-state index contributed by atoms with van der Waals surface area (Å²) in [4.78, 5) is 0. The Bertz CT molecular complexity index is 360. The van der Waals surface area contributed by atoms with Crippen molar-refractivity contribution in [2.24, 2.45) is 0 Å². The van der Waals surface area contributed by atoms with Crippen LogP contribution in [0.15, 0.2) is 22.9 Å². The average Bonchev–Trinajstić information content (AvgIpc) is 2.45. The third-order valence-corrected chi connectivity index (χ3v) is 1.51. The number of rotatable bonds is 0. The van der Waals surface area contributed by atoms with Gasteiger partial charge in [0.05, 0.1) is 11.6 Å². The summed E-state index contributed by atoms with van der Waals surface area (Å²) < 4.78 is 17.4. The van der Waals surface area contributed by atoms with Crippen molar-refractivity contribution in [3.05, 3.63) is 24.1 Å². The third kappa shape index (κ3) is 0.756. The maximum atomic E-state index is 12.8. The number of hydrogen-bond acceptors (Lipinski definition) is 3. The maximum absolute atomic E-state index is 12.8. The van der Waals surface area contributed by atoms with Gasteiger partial charge in [-0.25, -0.2) is 4.39 Å². The fourth-order valence-corrected chi connectivity index (χ4v) is 0.946. The Balaban J connectivity index is 2.96. The summed E-state index contributed by atoms with van der Waals surface area (Å²) in [5.41, 5.74) is 6.09. The Hall–Kier alpha value is -1.58. The van der Waals surface area contributed by atoms with Gasteiger partial charge in [-0.15, -0.1) is 0 Å². The molecule has 0 amide bonds. The number of benzene rings is 1. The van der Waals surface area contributed by atoms with Gasteiger partial charge >= 0.3 is 0 Å². The molecule has 0 bridgehead atoms. The van der Waals surface area contributed by atoms with Crippen LogP contribution in [0.5, 0.6) is 0 Å². The van der Waals surface area contributed by atoms with Crippen LogP contribution in [0.1, 0.15) is 0 Å². The van der Waals surface area contributed by atoms with E-state index in [9.17, 15) is 4.39 Å². The average molecular weight is 152 g/mol. The molecule has 0 fully saturated rings. The molecule has 3 nitrogen and oxygen atoms in total. The topological polar surface area (TPSA) is 52.0 Å². The Kier molecular flexibility index (Phi) is 1.09. The molecule has 1 aromatic carbocycles. The molecular formula is C7H5FN2O. The van der Waals surface area contributed by atoms with Crippen LogP contribution < -0.4 is 5.73 Å². The highest BCUT2D eigenvalue weighted by Gasteiger charge is 2.06. The smallest absolute Gasteiger partial charge is 0.204 e. The number of anilines is 1. The van der Waals surface area contributed by atoms with Gasteiger partial charge in [-0.05, 0) is 12.1 Å². The van der Waals surface area contributed by atoms with Gasteiger partial charge in [0.2, 0.25) is 5.58 Å². The van der Waals surface area contributed by atoms with Crippen molar-refractivity contribution in [1.82, 2.24) is 5.16 Å². The third-order valence-electron chi connectivity index (χ3n) is 1.51. The molecular weight excluding hydrogens is 147 g/mol. The molecule has 1 aromatic heterocycles. The molecule has 11 heavy (non-hydrogen) atoms. The second-order valence-electron chi connectivity index (χ2n) is 2.21. The van der Waals surface area contributed by atoms with Crippen LogP contribution in [0, 0.1) is 5.82 Å². The van der Waals surface area contributed by atoms with Gasteiger partial charge in [-0.3, -0.25) is 0 Å². The van der Waals surface area contributed by atoms with Gasteiger partial charge in [0.15, 0.2) is 5.82 Å². The van der Waals surface area contributed by atoms with Gasteiger partial charge in [-0.2, -0.15) is 0 Å². The van der Waals surface area contributed by atoms with Crippen molar-refractivity contribution >= 4 is 16.7 Å². The van der Waals surface area contributed by atoms with Gasteiger partial charge in [-0.1, -0.05) is 5.16 Å². The fraction of sp³-hybridized carbons (Fsp3) is 0. The standard InChI is InChI=1S/C7H5FN2O/c8-5-1-2-6(9)4-3-10-11-7(4)5/h1-3H,9H2. The van der Waals surface area contributed by atoms with E-state index in [-0.39, 0.29) is 5.58 Å². The Morgan fingerprint density at radius 3 is 3.00 bits per heavy atom. The van der Waals surface area contributed by atoms with Crippen molar-refractivity contribution in [2.45, 2.75) is 0 Å². The molecule has 0 saturated carbocycles. The summed E-state index contributed by atoms with van der Waals surface area (Å²) in [6.07, 6.45) is 1.40. The van der Waals surface area contributed by atoms with Crippen LogP contribution >= 0.6 is 0 Å². The minimum atomic E-state index is -0.438. The van der Waals surface area contributed by atoms with E-state index in [4.69, 9.17) is 5.73 Å². The number of fused-ring (bicyclic) bond motifs is 1. The molecule has 0 aliphatic carbocycles. The minimum Gasteiger partial charge on any atom is -0.398 e. The lowest BCUT2D eigenvalue weighted by molar-refractivity contribution is 0.440. The van der Waals surface area contributed by atoms with Gasteiger partial charge in [0.25, 0.3) is 0 Å². The summed E-state index contributed by atoms with van der Waals surface area (Å²) in [6, 6.07) is 2.73. The van der Waals surface area contributed by atoms with Crippen LogP contribution in [-0.4, -0.2) is 5.16 Å². The molecule has 0 saturated heterocycles. The lowest BCUT2D eigenvalue weighted by Crippen LogP contribution is -1.85. The Morgan fingerprint density at radius 1 is 1.45 bits per heavy atom. The molecule has 0 spiro atoms. The number of hydrogen-bond donors (Lipinski definition) is 1. The van der Waals surface area contributed by atoms with E-state index in [1.54, 1.807) is 0 Å². The first-order chi connectivity index (χ1) is 5.29. The highest BCUT2D eigenvalue weighted by Crippen LogP contribution is 2.22. The molecule has 0 aliphatic rings. The molecule has 1 heterocycles. The highest BCUT2D eigenvalue weighted by molar-refractivity contribution is 5.88. The van der Waals surface area contributed by atoms with E-state index in [1.807, 2.05) is 0 Å². The largest absolute Gasteiger partial charge is 0.398 e. The molecule has 2 rings (SSSR count). The number of nitrogens with two attached hydrogens (primary N) is 1. The number of nitrogen functional groups attached to an aromatic ring is 1. The first-order valence-electron chi connectivity index (χ1n) is 3.07. The normalized spacial score (nSPS) is 10.6. The first kappa shape index (κ1) is 6.15. The van der Waals surface area contributed by atoms with E-state index in [0.29, 0.717) is 11.1 Å². The van der Waals surface area contributed by atoms with E-state index < -0.39 is 5.82 Å². The van der Waals surface area contributed by atoms with Crippen LogP contribution in [0.4, 0.5) is 10.1 Å². The van der Waals surface area contributed by atoms with E-state index in [0.717, 1.165) is 0 Å². The number of aromatic nitrogens is 1. The van der Waals surface area contributed by atoms with Crippen LogP contribution in [-0.2, 0) is 0 Å². The predicted octanol–water partition coefficient (Wildman–Crippen LogP) is 1.55. The van der Waals surface area contributed by atoms with Gasteiger partial charge in [0, 0.05) is 5.69 Å². The lowest BCUT2D eigenvalue weighted by atomic mass is 10.2. The summed E-state index contributed by atoms with van der Waals surface area (Å²) in [5.74, 6) is -0.438. The quantitative estimate of drug-likeness (QED) is 0.582. The van der Waals surface area contributed by atoms with E-state index in [1.165, 1.54) is 18.3 Å². The zero-order valence-electron chi connectivity index (χ0n) is 5.54. The molecule has 0 unspecified atom stereocenters. The fourth-order valence-electron chi connectivity index (χ4n) is 0.946. The number of halogens is 1. The lowest BCUT2D eigenvalue weighted by Gasteiger charge is -1.92. The summed E-state index contributed by atoms with van der Waals surface area (Å²) in [5, 5.41) is 3.95. The zero-order valence-corrected chi connectivity index (χ0v) is 5.54. The Labute approximate surface area is 61.6 Å². The minimum absolute atomic E-state index is 0.116. The molecule has 2 aromatic rings. The van der Waals surface area contributed by atoms with Crippen molar-refractivity contribution in [3.63, 3.8) is 0 Å². The first-order valence-corrected chi connectivity index (χ1v) is 3.07. The maximum Gasteiger partial charge on any atom is 0.204 e. The zero-order chi connectivity index (χ0) is 7.84. The van der Waals surface area contributed by atoms with Gasteiger partial charge in [0.1, 0.15) is 0 Å². The van der Waals surface area contributed by atoms with Crippen LogP contribution in [0.2, 0.25) is 0 Å². The summed E-state index contributed by atoms with van der Waals surface area (Å²) in [7, 11) is 0. The molecule has 56 valence electrons. The molecule has 0 aliphatic heterocycles. The van der Waals surface area contributed by atoms with Crippen molar-refractivity contribution < 1.29 is 8.91 Å². The van der Waals surface area contributed by atoms with E-state index in [2.05, 4.69) is 9.68 Å². The van der Waals surface area contributed by atoms with E-state index >= 15 is 0 Å². The van der Waals surface area contributed by atoms with Crippen molar-refractivity contribution in [2.75, 3.05) is 5.73 Å². The van der Waals surface area contributed by atoms with Gasteiger partial charge < -0.3 is 10.3 Å². The molecule has 2 N–H and O–H groups in total.